The fraction of sp³-hybridized carbons (Fsp3) is 0.400. The van der Waals surface area contributed by atoms with Gasteiger partial charge in [0.15, 0.2) is 0 Å². The topological polar surface area (TPSA) is 111 Å². The highest BCUT2D eigenvalue weighted by Crippen LogP contribution is 2.20. The summed E-state index contributed by atoms with van der Waals surface area (Å²) < 4.78 is 0. The molecule has 128 valence electrons. The molecule has 9 heteroatoms. The molecule has 0 aromatic heterocycles. The molecule has 24 heavy (non-hydrogen) atoms. The number of nitrogens with one attached hydrogen (secondary N) is 1. The van der Waals surface area contributed by atoms with Crippen molar-refractivity contribution in [3.8, 4) is 0 Å². The lowest BCUT2D eigenvalue weighted by Gasteiger charge is -2.14. The van der Waals surface area contributed by atoms with Gasteiger partial charge in [0.05, 0.1) is 17.8 Å². The molecule has 0 radical (unpaired) electrons. The number of thioether (sulfide) groups is 1. The third-order valence-corrected chi connectivity index (χ3v) is 4.45. The summed E-state index contributed by atoms with van der Waals surface area (Å²) in [6.07, 6.45) is 0.592. The minimum Gasteiger partial charge on any atom is -0.340 e. The summed E-state index contributed by atoms with van der Waals surface area (Å²) >= 11 is 1.19. The van der Waals surface area contributed by atoms with Crippen LogP contribution >= 0.6 is 11.8 Å². The van der Waals surface area contributed by atoms with E-state index < -0.39 is 23.1 Å². The number of nitrogens with zero attached hydrogens (tertiary/aromatic N) is 2. The minimum absolute atomic E-state index is 0.0626. The van der Waals surface area contributed by atoms with Gasteiger partial charge in [0.2, 0.25) is 5.12 Å². The van der Waals surface area contributed by atoms with E-state index in [0.29, 0.717) is 17.7 Å². The van der Waals surface area contributed by atoms with Crippen molar-refractivity contribution in [1.29, 1.82) is 0 Å². The van der Waals surface area contributed by atoms with E-state index in [4.69, 9.17) is 0 Å². The van der Waals surface area contributed by atoms with Gasteiger partial charge in [-0.3, -0.25) is 14.6 Å². The van der Waals surface area contributed by atoms with Gasteiger partial charge in [-0.05, 0) is 18.9 Å². The molecule has 0 bridgehead atoms. The first-order valence-corrected chi connectivity index (χ1v) is 8.30. The van der Waals surface area contributed by atoms with Crippen LogP contribution < -0.4 is 5.32 Å². The van der Waals surface area contributed by atoms with Crippen LogP contribution in [0.4, 0.5) is 0 Å². The van der Waals surface area contributed by atoms with Crippen molar-refractivity contribution < 1.29 is 19.5 Å². The molecule has 0 aliphatic carbocycles. The summed E-state index contributed by atoms with van der Waals surface area (Å²) in [5.74, 6) is 0.224. The maximum absolute atomic E-state index is 12.2. The van der Waals surface area contributed by atoms with Crippen molar-refractivity contribution >= 4 is 28.5 Å². The zero-order chi connectivity index (χ0) is 17.5. The Balaban J connectivity index is 2.10. The predicted molar refractivity (Wildman–Crippen MR) is 89.3 cm³/mol. The van der Waals surface area contributed by atoms with Crippen LogP contribution in [-0.4, -0.2) is 40.2 Å². The fourth-order valence-corrected chi connectivity index (χ4v) is 3.13. The van der Waals surface area contributed by atoms with Gasteiger partial charge in [0.1, 0.15) is 6.61 Å². The van der Waals surface area contributed by atoms with Crippen molar-refractivity contribution in [2.75, 3.05) is 12.4 Å². The molecule has 1 heterocycles. The van der Waals surface area contributed by atoms with Crippen molar-refractivity contribution in [3.05, 3.63) is 46.0 Å². The molecule has 8 nitrogen and oxygen atoms in total. The van der Waals surface area contributed by atoms with E-state index in [9.17, 15) is 19.7 Å². The van der Waals surface area contributed by atoms with Crippen LogP contribution in [0.15, 0.2) is 35.3 Å². The van der Waals surface area contributed by atoms with Crippen molar-refractivity contribution in [2.45, 2.75) is 25.4 Å². The zero-order valence-corrected chi connectivity index (χ0v) is 13.8. The summed E-state index contributed by atoms with van der Waals surface area (Å²) in [7, 11) is 0. The molecule has 2 atom stereocenters. The first-order valence-electron chi connectivity index (χ1n) is 7.31. The van der Waals surface area contributed by atoms with Gasteiger partial charge in [-0.25, -0.2) is 0 Å². The Labute approximate surface area is 142 Å². The summed E-state index contributed by atoms with van der Waals surface area (Å²) in [5, 5.41) is 12.1. The molecular formula is C15H17N3O5S. The smallest absolute Gasteiger partial charge is 0.294 e. The number of hydrogen-bond donors (Lipinski definition) is 1. The first kappa shape index (κ1) is 17.9. The highest BCUT2D eigenvalue weighted by atomic mass is 32.2. The van der Waals surface area contributed by atoms with Gasteiger partial charge in [-0.1, -0.05) is 42.1 Å². The van der Waals surface area contributed by atoms with Crippen LogP contribution in [0.25, 0.3) is 0 Å². The summed E-state index contributed by atoms with van der Waals surface area (Å²) in [6, 6.07) is 7.66. The van der Waals surface area contributed by atoms with Crippen LogP contribution in [0.1, 0.15) is 24.9 Å². The minimum atomic E-state index is -0.894. The second kappa shape index (κ2) is 8.44. The average Bonchev–Trinajstić information content (AvgIpc) is 2.96. The lowest BCUT2D eigenvalue weighted by Crippen LogP contribution is -2.40. The number of amides is 1. The number of hydrogen-bond acceptors (Lipinski definition) is 7. The molecule has 2 rings (SSSR count). The molecular weight excluding hydrogens is 334 g/mol. The molecule has 1 N–H and O–H groups in total. The van der Waals surface area contributed by atoms with Gasteiger partial charge in [-0.2, -0.15) is 0 Å². The Hall–Kier alpha value is -2.42. The Morgan fingerprint density at radius 1 is 1.50 bits per heavy atom. The van der Waals surface area contributed by atoms with Crippen LogP contribution in [0.5, 0.6) is 0 Å². The van der Waals surface area contributed by atoms with Crippen LogP contribution in [0.3, 0.4) is 0 Å². The van der Waals surface area contributed by atoms with Crippen LogP contribution in [0.2, 0.25) is 0 Å². The first-order chi connectivity index (χ1) is 11.5. The summed E-state index contributed by atoms with van der Waals surface area (Å²) in [4.78, 5) is 42.8. The SMILES string of the molecule is CC(=N[C@@H](CO[N+](=O)[O-])c1ccccc1)C(=O)NC1CCSC1=O. The highest BCUT2D eigenvalue weighted by molar-refractivity contribution is 8.14. The molecule has 0 saturated carbocycles. The van der Waals surface area contributed by atoms with E-state index in [2.05, 4.69) is 15.1 Å². The lowest BCUT2D eigenvalue weighted by molar-refractivity contribution is -0.758. The standard InChI is InChI=1S/C15H17N3O5S/c1-10(14(19)17-12-7-8-24-15(12)20)16-13(9-23-18(21)22)11-5-3-2-4-6-11/h2-6,12-13H,7-9H2,1H3,(H,17,19)/t12?,13-/m0/s1. The van der Waals surface area contributed by atoms with E-state index in [-0.39, 0.29) is 17.4 Å². The molecule has 1 aliphatic heterocycles. The van der Waals surface area contributed by atoms with Crippen LogP contribution in [0, 0.1) is 10.1 Å². The normalized spacial score (nSPS) is 19.0. The van der Waals surface area contributed by atoms with E-state index in [1.54, 1.807) is 24.3 Å². The molecule has 1 amide bonds. The van der Waals surface area contributed by atoms with Gasteiger partial charge >= 0.3 is 0 Å². The van der Waals surface area contributed by atoms with E-state index in [1.807, 2.05) is 6.07 Å². The van der Waals surface area contributed by atoms with E-state index >= 15 is 0 Å². The Bertz CT molecular complexity index is 650. The largest absolute Gasteiger partial charge is 0.340 e. The van der Waals surface area contributed by atoms with Gasteiger partial charge in [0, 0.05) is 5.75 Å². The molecule has 1 aliphatic rings. The monoisotopic (exact) mass is 351 g/mol. The maximum atomic E-state index is 12.2. The Morgan fingerprint density at radius 2 is 2.21 bits per heavy atom. The maximum Gasteiger partial charge on any atom is 0.294 e. The second-order valence-electron chi connectivity index (χ2n) is 5.14. The number of carbonyl (C=O) groups excluding carboxylic acids is 2. The number of aliphatic imine (C=N–C) groups is 1. The number of carbonyl (C=O) groups is 2. The van der Waals surface area contributed by atoms with E-state index in [0.717, 1.165) is 0 Å². The molecule has 1 aromatic rings. The van der Waals surface area contributed by atoms with E-state index in [1.165, 1.54) is 18.7 Å². The third-order valence-electron chi connectivity index (χ3n) is 3.44. The fourth-order valence-electron chi connectivity index (χ4n) is 2.20. The molecule has 0 spiro atoms. The second-order valence-corrected chi connectivity index (χ2v) is 6.24. The predicted octanol–water partition coefficient (Wildman–Crippen LogP) is 1.55. The molecule has 1 fully saturated rings. The van der Waals surface area contributed by atoms with Gasteiger partial charge in [0.25, 0.3) is 11.0 Å². The van der Waals surface area contributed by atoms with Crippen molar-refractivity contribution in [1.82, 2.24) is 5.32 Å². The van der Waals surface area contributed by atoms with Crippen molar-refractivity contribution in [3.63, 3.8) is 0 Å². The molecule has 1 aromatic carbocycles. The zero-order valence-electron chi connectivity index (χ0n) is 13.0. The summed E-state index contributed by atoms with van der Waals surface area (Å²) in [5.41, 5.74) is 0.833. The quantitative estimate of drug-likeness (QED) is 0.453. The highest BCUT2D eigenvalue weighted by Gasteiger charge is 2.27. The Morgan fingerprint density at radius 3 is 2.79 bits per heavy atom. The summed E-state index contributed by atoms with van der Waals surface area (Å²) in [6.45, 7) is 1.21. The van der Waals surface area contributed by atoms with Crippen molar-refractivity contribution in [2.24, 2.45) is 4.99 Å². The molecule has 1 unspecified atom stereocenters. The van der Waals surface area contributed by atoms with Crippen LogP contribution in [-0.2, 0) is 14.4 Å². The number of rotatable bonds is 7. The van der Waals surface area contributed by atoms with Gasteiger partial charge in [-0.15, -0.1) is 10.1 Å². The molecule has 1 saturated heterocycles. The van der Waals surface area contributed by atoms with Gasteiger partial charge < -0.3 is 10.2 Å². The third kappa shape index (κ3) is 5.05. The number of benzene rings is 1. The Kier molecular flexibility index (Phi) is 6.30. The lowest BCUT2D eigenvalue weighted by atomic mass is 10.1. The average molecular weight is 351 g/mol.